The van der Waals surface area contributed by atoms with Crippen molar-refractivity contribution in [1.82, 2.24) is 9.97 Å². The highest BCUT2D eigenvalue weighted by Gasteiger charge is 2.29. The summed E-state index contributed by atoms with van der Waals surface area (Å²) in [6.45, 7) is 1.54. The molecule has 8 heteroatoms. The molecule has 2 aromatic carbocycles. The van der Waals surface area contributed by atoms with Crippen molar-refractivity contribution in [3.8, 4) is 5.75 Å². The summed E-state index contributed by atoms with van der Waals surface area (Å²) in [6, 6.07) is 12.8. The third-order valence-corrected chi connectivity index (χ3v) is 6.46. The molecule has 0 bridgehead atoms. The van der Waals surface area contributed by atoms with E-state index in [-0.39, 0.29) is 17.8 Å². The molecule has 3 aromatic rings. The Labute approximate surface area is 198 Å². The number of nitrogens with zero attached hydrogens (tertiary/aromatic N) is 4. The topological polar surface area (TPSA) is 87.7 Å². The molecule has 1 amide bonds. The van der Waals surface area contributed by atoms with Crippen molar-refractivity contribution in [2.75, 3.05) is 29.2 Å². The molecule has 1 fully saturated rings. The summed E-state index contributed by atoms with van der Waals surface area (Å²) < 4.78 is 6.27. The molecule has 8 nitrogen and oxygen atoms in total. The van der Waals surface area contributed by atoms with Gasteiger partial charge in [-0.05, 0) is 62.9 Å². The molecule has 0 atom stereocenters. The average molecular weight is 458 g/mol. The normalized spacial score (nSPS) is 15.6. The standard InChI is InChI=1S/C26H27N5O3/c1-16(32)17-12-13-20(23(14-17)34-18-8-4-5-9-18)28-26-27-15-22-24(29-26)30(2)21-11-7-6-10-19(21)25(33)31(22)3/h6-7,10-15,18H,4-5,8-9H2,1-3H3,(H,27,28,29). The first-order chi connectivity index (χ1) is 16.4. The van der Waals surface area contributed by atoms with Crippen molar-refractivity contribution < 1.29 is 14.3 Å². The molecule has 0 spiro atoms. The van der Waals surface area contributed by atoms with Gasteiger partial charge in [-0.2, -0.15) is 4.98 Å². The van der Waals surface area contributed by atoms with Crippen molar-refractivity contribution in [2.45, 2.75) is 38.7 Å². The summed E-state index contributed by atoms with van der Waals surface area (Å²) in [4.78, 5) is 37.6. The van der Waals surface area contributed by atoms with E-state index in [9.17, 15) is 9.59 Å². The molecule has 1 aromatic heterocycles. The summed E-state index contributed by atoms with van der Waals surface area (Å²) in [7, 11) is 3.61. The van der Waals surface area contributed by atoms with Gasteiger partial charge in [0, 0.05) is 19.7 Å². The molecule has 1 N–H and O–H groups in total. The van der Waals surface area contributed by atoms with Gasteiger partial charge in [0.1, 0.15) is 11.4 Å². The van der Waals surface area contributed by atoms with Gasteiger partial charge in [-0.15, -0.1) is 0 Å². The van der Waals surface area contributed by atoms with Crippen LogP contribution in [-0.2, 0) is 0 Å². The molecule has 1 aliphatic heterocycles. The molecule has 1 saturated carbocycles. The second kappa shape index (κ2) is 8.78. The number of aromatic nitrogens is 2. The van der Waals surface area contributed by atoms with Gasteiger partial charge in [0.15, 0.2) is 11.6 Å². The second-order valence-electron chi connectivity index (χ2n) is 8.76. The average Bonchev–Trinajstić information content (AvgIpc) is 3.34. The van der Waals surface area contributed by atoms with Crippen LogP contribution in [0.1, 0.15) is 53.3 Å². The lowest BCUT2D eigenvalue weighted by molar-refractivity contribution is 0.0991. The highest BCUT2D eigenvalue weighted by molar-refractivity contribution is 6.13. The molecule has 5 rings (SSSR count). The van der Waals surface area contributed by atoms with Crippen LogP contribution in [0.25, 0.3) is 0 Å². The third-order valence-electron chi connectivity index (χ3n) is 6.46. The van der Waals surface area contributed by atoms with E-state index in [4.69, 9.17) is 9.72 Å². The van der Waals surface area contributed by atoms with Crippen molar-refractivity contribution >= 4 is 40.5 Å². The summed E-state index contributed by atoms with van der Waals surface area (Å²) >= 11 is 0. The number of carbonyl (C=O) groups excluding carboxylic acids is 2. The highest BCUT2D eigenvalue weighted by atomic mass is 16.5. The smallest absolute Gasteiger partial charge is 0.260 e. The number of hydrogen-bond donors (Lipinski definition) is 1. The Morgan fingerprint density at radius 2 is 1.82 bits per heavy atom. The zero-order valence-corrected chi connectivity index (χ0v) is 19.5. The van der Waals surface area contributed by atoms with Crippen molar-refractivity contribution in [1.29, 1.82) is 0 Å². The largest absolute Gasteiger partial charge is 0.488 e. The first-order valence-electron chi connectivity index (χ1n) is 11.5. The summed E-state index contributed by atoms with van der Waals surface area (Å²) in [5.74, 6) is 1.47. The Morgan fingerprint density at radius 1 is 1.06 bits per heavy atom. The number of Topliss-reactive ketones (excluding diaryl/α,β-unsaturated/α-hetero) is 1. The molecule has 0 unspecified atom stereocenters. The monoisotopic (exact) mass is 457 g/mol. The summed E-state index contributed by atoms with van der Waals surface area (Å²) in [6.07, 6.45) is 6.08. The second-order valence-corrected chi connectivity index (χ2v) is 8.76. The fraction of sp³-hybridized carbons (Fsp3) is 0.308. The number of carbonyl (C=O) groups is 2. The molecule has 34 heavy (non-hydrogen) atoms. The first kappa shape index (κ1) is 21.9. The van der Waals surface area contributed by atoms with Gasteiger partial charge in [-0.25, -0.2) is 4.98 Å². The van der Waals surface area contributed by atoms with Gasteiger partial charge >= 0.3 is 0 Å². The molecule has 0 radical (unpaired) electrons. The Morgan fingerprint density at radius 3 is 2.59 bits per heavy atom. The number of para-hydroxylation sites is 1. The fourth-order valence-electron chi connectivity index (χ4n) is 4.51. The number of hydrogen-bond acceptors (Lipinski definition) is 7. The predicted molar refractivity (Wildman–Crippen MR) is 132 cm³/mol. The SMILES string of the molecule is CC(=O)c1ccc(Nc2ncc3c(n2)N(C)c2ccccc2C(=O)N3C)c(OC2CCCC2)c1. The molecular weight excluding hydrogens is 430 g/mol. The van der Waals surface area contributed by atoms with Crippen LogP contribution < -0.4 is 19.9 Å². The maximum atomic E-state index is 13.0. The number of ketones is 1. The van der Waals surface area contributed by atoms with Crippen LogP contribution in [0.4, 0.5) is 28.8 Å². The number of benzene rings is 2. The molecule has 2 aliphatic rings. The van der Waals surface area contributed by atoms with E-state index in [2.05, 4.69) is 10.3 Å². The highest BCUT2D eigenvalue weighted by Crippen LogP contribution is 2.39. The van der Waals surface area contributed by atoms with Gasteiger partial charge in [0.2, 0.25) is 5.95 Å². The van der Waals surface area contributed by atoms with Gasteiger partial charge in [0.05, 0.1) is 29.2 Å². The molecule has 174 valence electrons. The van der Waals surface area contributed by atoms with E-state index in [0.717, 1.165) is 31.4 Å². The van der Waals surface area contributed by atoms with Crippen LogP contribution in [0.3, 0.4) is 0 Å². The van der Waals surface area contributed by atoms with Crippen molar-refractivity contribution in [3.05, 3.63) is 59.8 Å². The minimum absolute atomic E-state index is 0.0166. The number of amides is 1. The fourth-order valence-corrected chi connectivity index (χ4v) is 4.51. The van der Waals surface area contributed by atoms with Gasteiger partial charge < -0.3 is 19.9 Å². The number of ether oxygens (including phenoxy) is 1. The number of anilines is 5. The number of fused-ring (bicyclic) bond motifs is 2. The van der Waals surface area contributed by atoms with E-state index in [0.29, 0.717) is 40.0 Å². The number of nitrogens with one attached hydrogen (secondary N) is 1. The zero-order valence-electron chi connectivity index (χ0n) is 19.5. The maximum absolute atomic E-state index is 13.0. The van der Waals surface area contributed by atoms with Gasteiger partial charge in [-0.1, -0.05) is 12.1 Å². The summed E-state index contributed by atoms with van der Waals surface area (Å²) in [5, 5.41) is 3.27. The van der Waals surface area contributed by atoms with Gasteiger partial charge in [0.25, 0.3) is 5.91 Å². The van der Waals surface area contributed by atoms with E-state index in [1.807, 2.05) is 42.3 Å². The minimum atomic E-state index is -0.113. The Hall–Kier alpha value is -3.94. The Balaban J connectivity index is 1.51. The van der Waals surface area contributed by atoms with Crippen molar-refractivity contribution in [2.24, 2.45) is 0 Å². The third kappa shape index (κ3) is 3.96. The van der Waals surface area contributed by atoms with Crippen LogP contribution in [0.15, 0.2) is 48.7 Å². The van der Waals surface area contributed by atoms with Crippen LogP contribution in [-0.4, -0.2) is 41.9 Å². The lowest BCUT2D eigenvalue weighted by atomic mass is 10.1. The lowest BCUT2D eigenvalue weighted by Crippen LogP contribution is -2.25. The van der Waals surface area contributed by atoms with E-state index in [1.165, 1.54) is 0 Å². The predicted octanol–water partition coefficient (Wildman–Crippen LogP) is 5.10. The molecule has 1 aliphatic carbocycles. The Kier molecular flexibility index (Phi) is 5.65. The van der Waals surface area contributed by atoms with Crippen LogP contribution in [0.2, 0.25) is 0 Å². The molecule has 0 saturated heterocycles. The lowest BCUT2D eigenvalue weighted by Gasteiger charge is -2.22. The van der Waals surface area contributed by atoms with E-state index >= 15 is 0 Å². The summed E-state index contributed by atoms with van der Waals surface area (Å²) in [5.41, 5.74) is 3.28. The van der Waals surface area contributed by atoms with Gasteiger partial charge in [-0.3, -0.25) is 9.59 Å². The van der Waals surface area contributed by atoms with Crippen LogP contribution in [0, 0.1) is 0 Å². The minimum Gasteiger partial charge on any atom is -0.488 e. The van der Waals surface area contributed by atoms with E-state index < -0.39 is 0 Å². The molecular formula is C26H27N5O3. The van der Waals surface area contributed by atoms with Crippen LogP contribution in [0.5, 0.6) is 5.75 Å². The van der Waals surface area contributed by atoms with Crippen LogP contribution >= 0.6 is 0 Å². The maximum Gasteiger partial charge on any atom is 0.260 e. The van der Waals surface area contributed by atoms with E-state index in [1.54, 1.807) is 37.2 Å². The first-order valence-corrected chi connectivity index (χ1v) is 11.5. The molecule has 2 heterocycles. The zero-order chi connectivity index (χ0) is 23.8. The quantitative estimate of drug-likeness (QED) is 0.533. The Bertz CT molecular complexity index is 1270. The number of rotatable bonds is 5. The van der Waals surface area contributed by atoms with Crippen molar-refractivity contribution in [3.63, 3.8) is 0 Å².